The molecule has 4 aromatic carbocycles. The minimum atomic E-state index is -0.794. The van der Waals surface area contributed by atoms with Crippen LogP contribution in [0.15, 0.2) is 48.5 Å². The summed E-state index contributed by atoms with van der Waals surface area (Å²) in [5, 5.41) is 1.49. The minimum Gasteiger partial charge on any atom is -0.386 e. The van der Waals surface area contributed by atoms with E-state index in [-0.39, 0.29) is 81.4 Å². The summed E-state index contributed by atoms with van der Waals surface area (Å²) in [6.07, 6.45) is 12.5. The quantitative estimate of drug-likeness (QED) is 0.114. The second-order valence-corrected chi connectivity index (χ2v) is 19.0. The SMILES string of the molecule is CC1CCC(N)CC1.CC1CCC(N2C(=O)c3ccc4c5c(ccc(c35)C2=O)C(=O)N(C2CCC(C)CC2)C4=O)CC1.O=C1OC(=O)c2ccc3c4c(ccc1c24)C(=O)OC3=O.[2H]CC(C)=O. The number of rotatable bonds is 2. The number of amides is 4. The minimum absolute atomic E-state index is 0.0787. The molecule has 4 aromatic rings. The van der Waals surface area contributed by atoms with Gasteiger partial charge in [-0.3, -0.25) is 29.0 Å². The van der Waals surface area contributed by atoms with E-state index < -0.39 is 23.9 Å². The molecule has 0 unspecified atom stereocenters. The van der Waals surface area contributed by atoms with Crippen LogP contribution < -0.4 is 5.73 Å². The fraction of sp³-hybridized carbons (Fsp3) is 0.442. The number of carbonyl (C=O) groups is 9. The molecule has 14 nitrogen and oxygen atoms in total. The molecule has 3 fully saturated rings. The number of Topliss-reactive ketones (excluding diaryl/α,β-unsaturated/α-hetero) is 1. The Labute approximate surface area is 383 Å². The van der Waals surface area contributed by atoms with Crippen molar-refractivity contribution in [1.29, 1.82) is 0 Å². The van der Waals surface area contributed by atoms with Gasteiger partial charge in [0, 0.05) is 63.3 Å². The second-order valence-electron chi connectivity index (χ2n) is 19.0. The van der Waals surface area contributed by atoms with Crippen molar-refractivity contribution in [2.75, 3.05) is 0 Å². The maximum Gasteiger partial charge on any atom is 0.346 e. The molecular formula is C52H55N3O11. The average Bonchev–Trinajstić information content (AvgIpc) is 3.31. The van der Waals surface area contributed by atoms with E-state index in [1.807, 2.05) is 0 Å². The van der Waals surface area contributed by atoms with Crippen LogP contribution in [0.1, 0.15) is 196 Å². The van der Waals surface area contributed by atoms with Gasteiger partial charge >= 0.3 is 23.9 Å². The Hall–Kier alpha value is -6.41. The fourth-order valence-electron chi connectivity index (χ4n) is 10.4. The van der Waals surface area contributed by atoms with Gasteiger partial charge in [0.25, 0.3) is 23.6 Å². The number of imide groups is 2. The molecule has 344 valence electrons. The molecule has 0 spiro atoms. The van der Waals surface area contributed by atoms with Crippen molar-refractivity contribution in [1.82, 2.24) is 9.80 Å². The van der Waals surface area contributed by atoms with Gasteiger partial charge in [-0.1, -0.05) is 20.8 Å². The third kappa shape index (κ3) is 8.47. The van der Waals surface area contributed by atoms with Gasteiger partial charge in [-0.2, -0.15) is 0 Å². The van der Waals surface area contributed by atoms with Crippen LogP contribution in [0, 0.1) is 17.8 Å². The third-order valence-electron chi connectivity index (χ3n) is 14.1. The third-order valence-corrected chi connectivity index (χ3v) is 14.1. The maximum atomic E-state index is 13.6. The first-order valence-corrected chi connectivity index (χ1v) is 23.0. The van der Waals surface area contributed by atoms with Crippen LogP contribution in [0.25, 0.3) is 21.5 Å². The van der Waals surface area contributed by atoms with Crippen LogP contribution in [0.2, 0.25) is 0 Å². The van der Waals surface area contributed by atoms with Gasteiger partial charge in [-0.25, -0.2) is 19.2 Å². The van der Waals surface area contributed by atoms with Gasteiger partial charge in [0.15, 0.2) is 0 Å². The lowest BCUT2D eigenvalue weighted by molar-refractivity contribution is -0.115. The number of carbonyl (C=O) groups excluding carboxylic acids is 9. The number of nitrogens with zero attached hydrogens (tertiary/aromatic N) is 2. The molecule has 14 heteroatoms. The van der Waals surface area contributed by atoms with Crippen LogP contribution >= 0.6 is 0 Å². The highest BCUT2D eigenvalue weighted by Gasteiger charge is 2.44. The van der Waals surface area contributed by atoms with Crippen molar-refractivity contribution < 1.29 is 54.0 Å². The van der Waals surface area contributed by atoms with Crippen molar-refractivity contribution in [2.45, 2.75) is 130 Å². The Morgan fingerprint density at radius 1 is 0.455 bits per heavy atom. The van der Waals surface area contributed by atoms with Gasteiger partial charge < -0.3 is 20.0 Å². The summed E-state index contributed by atoms with van der Waals surface area (Å²) in [4.78, 5) is 114. The summed E-state index contributed by atoms with van der Waals surface area (Å²) in [6.45, 7) is 8.04. The maximum absolute atomic E-state index is 13.6. The summed E-state index contributed by atoms with van der Waals surface area (Å²) in [5.41, 5.74) is 8.02. The molecule has 0 atom stereocenters. The highest BCUT2D eigenvalue weighted by Crippen LogP contribution is 2.42. The van der Waals surface area contributed by atoms with Gasteiger partial charge in [-0.15, -0.1) is 0 Å². The number of ketones is 1. The largest absolute Gasteiger partial charge is 0.386 e. The standard InChI is InChI=1S/C28H30N2O4.C14H4O6.C7H15N.C3H6O/c1-15-3-7-17(8-4-15)29-25(31)19-11-13-21-24-22(14-12-20(23(19)24)26(29)32)28(34)30(27(21)33)18-9-5-16(2)6-10-18;15-11-5-1-2-6-10-8(14(18)20-12(6)16)4-3-7(9(5)10)13(17)19-11;1-6-2-4-7(8)5-3-6;1-3(2)4/h11-18H,3-10H2,1-2H3;1-4H;6-7H,2-5,8H2,1H3;1-2H3/i;;;1D. The second kappa shape index (κ2) is 18.5. The molecule has 3 saturated carbocycles. The van der Waals surface area contributed by atoms with E-state index in [9.17, 15) is 43.2 Å². The highest BCUT2D eigenvalue weighted by atomic mass is 16.6. The molecule has 4 amide bonds. The normalized spacial score (nSPS) is 25.4. The zero-order valence-corrected chi connectivity index (χ0v) is 37.7. The van der Waals surface area contributed by atoms with Gasteiger partial charge in [0.05, 0.1) is 22.3 Å². The summed E-state index contributed by atoms with van der Waals surface area (Å²) >= 11 is 0. The number of esters is 4. The Bertz CT molecular complexity index is 2460. The van der Waals surface area contributed by atoms with Crippen molar-refractivity contribution in [3.8, 4) is 0 Å². The van der Waals surface area contributed by atoms with Gasteiger partial charge in [-0.05, 0) is 157 Å². The monoisotopic (exact) mass is 898 g/mol. The first-order chi connectivity index (χ1) is 32.0. The summed E-state index contributed by atoms with van der Waals surface area (Å²) < 4.78 is 15.5. The molecule has 66 heavy (non-hydrogen) atoms. The molecule has 2 N–H and O–H groups in total. The lowest BCUT2D eigenvalue weighted by Gasteiger charge is -2.39. The van der Waals surface area contributed by atoms with Crippen LogP contribution in [0.5, 0.6) is 0 Å². The number of cyclic esters (lactones) is 4. The Kier molecular flexibility index (Phi) is 12.5. The number of ether oxygens (including phenoxy) is 2. The van der Waals surface area contributed by atoms with Crippen LogP contribution in [-0.4, -0.2) is 81.2 Å². The molecule has 4 heterocycles. The summed E-state index contributed by atoms with van der Waals surface area (Å²) in [6, 6.07) is 12.6. The molecule has 0 saturated heterocycles. The van der Waals surface area contributed by atoms with Crippen LogP contribution in [-0.2, 0) is 14.3 Å². The number of benzene rings is 4. The van der Waals surface area contributed by atoms with E-state index in [0.717, 1.165) is 57.3 Å². The summed E-state index contributed by atoms with van der Waals surface area (Å²) in [5.74, 6) is -2.30. The predicted octanol–water partition coefficient (Wildman–Crippen LogP) is 8.77. The molecule has 0 aromatic heterocycles. The number of nitrogens with two attached hydrogens (primary N) is 1. The molecular weight excluding hydrogens is 843 g/mol. The Morgan fingerprint density at radius 3 is 0.924 bits per heavy atom. The zero-order chi connectivity index (χ0) is 48.0. The molecule has 3 aliphatic carbocycles. The number of hydrogen-bond acceptors (Lipinski definition) is 12. The van der Waals surface area contributed by atoms with E-state index in [0.29, 0.717) is 50.9 Å². The van der Waals surface area contributed by atoms with Crippen molar-refractivity contribution in [3.05, 3.63) is 93.0 Å². The van der Waals surface area contributed by atoms with Gasteiger partial charge in [0.1, 0.15) is 5.78 Å². The van der Waals surface area contributed by atoms with E-state index in [2.05, 4.69) is 30.2 Å². The van der Waals surface area contributed by atoms with Crippen molar-refractivity contribution in [2.24, 2.45) is 23.5 Å². The Morgan fingerprint density at radius 2 is 0.682 bits per heavy atom. The smallest absolute Gasteiger partial charge is 0.346 e. The predicted molar refractivity (Wildman–Crippen MR) is 243 cm³/mol. The number of hydrogen-bond donors (Lipinski definition) is 1. The summed E-state index contributed by atoms with van der Waals surface area (Å²) in [7, 11) is 0. The molecule has 4 aliphatic heterocycles. The Balaban J connectivity index is 0.000000154. The molecule has 0 radical (unpaired) electrons. The van der Waals surface area contributed by atoms with E-state index in [1.165, 1.54) is 66.7 Å². The molecule has 11 rings (SSSR count). The topological polar surface area (TPSA) is 205 Å². The van der Waals surface area contributed by atoms with E-state index in [1.54, 1.807) is 24.3 Å². The highest BCUT2D eigenvalue weighted by molar-refractivity contribution is 6.33. The molecule has 7 aliphatic rings. The zero-order valence-electron chi connectivity index (χ0n) is 38.7. The van der Waals surface area contributed by atoms with E-state index >= 15 is 0 Å². The van der Waals surface area contributed by atoms with Crippen LogP contribution in [0.3, 0.4) is 0 Å². The average molecular weight is 899 g/mol. The fourth-order valence-corrected chi connectivity index (χ4v) is 10.4. The van der Waals surface area contributed by atoms with Crippen molar-refractivity contribution in [3.63, 3.8) is 0 Å². The lowest BCUT2D eigenvalue weighted by atomic mass is 9.81. The first-order valence-electron chi connectivity index (χ1n) is 23.7. The first kappa shape index (κ1) is 44.8. The van der Waals surface area contributed by atoms with E-state index in [4.69, 9.17) is 7.10 Å². The lowest BCUT2D eigenvalue weighted by Crippen LogP contribution is -2.50. The van der Waals surface area contributed by atoms with Crippen LogP contribution in [0.4, 0.5) is 0 Å². The van der Waals surface area contributed by atoms with Crippen molar-refractivity contribution >= 4 is 74.8 Å². The van der Waals surface area contributed by atoms with Gasteiger partial charge in [0.2, 0.25) is 0 Å². The molecule has 0 bridgehead atoms.